The van der Waals surface area contributed by atoms with E-state index in [0.29, 0.717) is 33.0 Å². The highest BCUT2D eigenvalue weighted by Gasteiger charge is 2.39. The lowest BCUT2D eigenvalue weighted by molar-refractivity contribution is 0.260. The van der Waals surface area contributed by atoms with Gasteiger partial charge in [-0.05, 0) is 55.5 Å². The van der Waals surface area contributed by atoms with E-state index in [1.54, 1.807) is 12.3 Å². The smallest absolute Gasteiger partial charge is 0.148 e. The third-order valence-electron chi connectivity index (χ3n) is 8.03. The molecule has 8 nitrogen and oxygen atoms in total. The van der Waals surface area contributed by atoms with Crippen LogP contribution in [0.4, 0.5) is 11.4 Å². The largest absolute Gasteiger partial charge is 0.378 e. The van der Waals surface area contributed by atoms with Crippen LogP contribution in [0.15, 0.2) is 72.7 Å². The molecule has 3 heterocycles. The molecule has 0 amide bonds. The third kappa shape index (κ3) is 5.34. The van der Waals surface area contributed by atoms with Crippen LogP contribution in [0.5, 0.6) is 0 Å². The molecule has 42 heavy (non-hydrogen) atoms. The molecular formula is C31H31BCl2N8. The zero-order chi connectivity index (χ0) is 29.4. The Bertz CT molecular complexity index is 1720. The number of nitrogens with one attached hydrogen (secondary N) is 4. The summed E-state index contributed by atoms with van der Waals surface area (Å²) in [5.74, 6) is 0. The van der Waals surface area contributed by atoms with Gasteiger partial charge in [-0.2, -0.15) is 5.26 Å². The highest BCUT2D eigenvalue weighted by molar-refractivity contribution is 6.36. The molecule has 212 valence electrons. The van der Waals surface area contributed by atoms with Crippen LogP contribution in [0.2, 0.25) is 10.2 Å². The van der Waals surface area contributed by atoms with E-state index in [4.69, 9.17) is 23.2 Å². The second-order valence-corrected chi connectivity index (χ2v) is 11.8. The predicted octanol–water partition coefficient (Wildman–Crippen LogP) is 5.91. The van der Waals surface area contributed by atoms with Crippen LogP contribution in [-0.4, -0.2) is 28.9 Å². The Labute approximate surface area is 256 Å². The molecule has 0 saturated heterocycles. The van der Waals surface area contributed by atoms with Gasteiger partial charge in [-0.3, -0.25) is 9.99 Å². The van der Waals surface area contributed by atoms with Crippen molar-refractivity contribution in [2.45, 2.75) is 50.6 Å². The van der Waals surface area contributed by atoms with Gasteiger partial charge in [-0.1, -0.05) is 66.5 Å². The molecule has 1 fully saturated rings. The number of rotatable bonds is 9. The molecule has 4 N–H and O–H groups in total. The highest BCUT2D eigenvalue weighted by Crippen LogP contribution is 2.39. The van der Waals surface area contributed by atoms with Crippen LogP contribution in [0.1, 0.15) is 54.6 Å². The van der Waals surface area contributed by atoms with Gasteiger partial charge >= 0.3 is 0 Å². The van der Waals surface area contributed by atoms with E-state index >= 15 is 0 Å². The minimum Gasteiger partial charge on any atom is -0.378 e. The lowest BCUT2D eigenvalue weighted by atomic mass is 9.69. The summed E-state index contributed by atoms with van der Waals surface area (Å²) in [5.41, 5.74) is 12.3. The van der Waals surface area contributed by atoms with Crippen LogP contribution in [0, 0.1) is 18.3 Å². The number of nitriles is 1. The molecule has 2 aromatic carbocycles. The zero-order valence-corrected chi connectivity index (χ0v) is 25.2. The van der Waals surface area contributed by atoms with Gasteiger partial charge in [0.25, 0.3) is 0 Å². The van der Waals surface area contributed by atoms with Crippen molar-refractivity contribution in [2.75, 3.05) is 10.6 Å². The van der Waals surface area contributed by atoms with Gasteiger partial charge in [0, 0.05) is 35.2 Å². The van der Waals surface area contributed by atoms with Gasteiger partial charge < -0.3 is 16.1 Å². The topological polar surface area (TPSA) is 101 Å². The van der Waals surface area contributed by atoms with Gasteiger partial charge in [0.2, 0.25) is 0 Å². The second kappa shape index (κ2) is 11.4. The van der Waals surface area contributed by atoms with Gasteiger partial charge in [0.05, 0.1) is 39.0 Å². The lowest BCUT2D eigenvalue weighted by Crippen LogP contribution is -2.46. The molecular weight excluding hydrogens is 566 g/mol. The first kappa shape index (κ1) is 28.2. The van der Waals surface area contributed by atoms with Crippen LogP contribution >= 0.6 is 23.2 Å². The average Bonchev–Trinajstić information content (AvgIpc) is 3.71. The van der Waals surface area contributed by atoms with Crippen molar-refractivity contribution in [1.82, 2.24) is 25.9 Å². The molecule has 4 aromatic rings. The fourth-order valence-corrected chi connectivity index (χ4v) is 6.07. The SMILES string of the molecule is B[C@@](Nc1cc(Cl)c2ncc(C#N)c(N[C@H](CC)c3ccccc3)c2c1)(C1=CN(C2CC2)NN1)c1ccc(Cl)nc1C. The standard InChI is InChI=1S/C31H31BCl2N8/c1-3-26(19-7-5-4-6-8-19)38-29-20(15-35)16-36-30-23(29)13-21(14-25(30)33)39-31(32,24-11-12-28(34)37-18(24)2)27-17-42(41-40-27)22-9-10-22/h4-8,11-14,16-17,22,26,39-41H,3,9-10,32H2,1-2H3,(H,36,38)/t26-,31+/m1/s1. The second-order valence-electron chi connectivity index (χ2n) is 11.0. The first-order valence-corrected chi connectivity index (χ1v) is 14.8. The Morgan fingerprint density at radius 2 is 1.98 bits per heavy atom. The minimum absolute atomic E-state index is 0.000302. The quantitative estimate of drug-likeness (QED) is 0.140. The first-order valence-electron chi connectivity index (χ1n) is 14.1. The number of aromatic nitrogens is 2. The summed E-state index contributed by atoms with van der Waals surface area (Å²) >= 11 is 13.1. The molecule has 6 rings (SSSR count). The maximum absolute atomic E-state index is 10.1. The molecule has 0 bridgehead atoms. The van der Waals surface area contributed by atoms with E-state index in [9.17, 15) is 5.26 Å². The highest BCUT2D eigenvalue weighted by atomic mass is 35.5. The maximum Gasteiger partial charge on any atom is 0.148 e. The van der Waals surface area contributed by atoms with E-state index in [-0.39, 0.29) is 6.04 Å². The molecule has 2 atom stereocenters. The molecule has 1 saturated carbocycles. The van der Waals surface area contributed by atoms with E-state index in [1.165, 1.54) is 0 Å². The monoisotopic (exact) mass is 596 g/mol. The summed E-state index contributed by atoms with van der Waals surface area (Å²) in [6, 6.07) is 20.7. The summed E-state index contributed by atoms with van der Waals surface area (Å²) in [6.45, 7) is 4.07. The molecule has 2 aromatic heterocycles. The molecule has 2 aliphatic rings. The van der Waals surface area contributed by atoms with Gasteiger partial charge in [-0.25, -0.2) is 4.98 Å². The van der Waals surface area contributed by atoms with Crippen LogP contribution in [-0.2, 0) is 5.44 Å². The summed E-state index contributed by atoms with van der Waals surface area (Å²) in [4.78, 5) is 9.11. The number of benzene rings is 2. The van der Waals surface area contributed by atoms with Gasteiger partial charge in [0.1, 0.15) is 19.1 Å². The summed E-state index contributed by atoms with van der Waals surface area (Å²) in [5, 5.41) is 21.2. The van der Waals surface area contributed by atoms with Crippen molar-refractivity contribution in [2.24, 2.45) is 0 Å². The van der Waals surface area contributed by atoms with E-state index < -0.39 is 5.44 Å². The van der Waals surface area contributed by atoms with Crippen molar-refractivity contribution in [3.05, 3.63) is 105 Å². The molecule has 0 spiro atoms. The molecule has 0 radical (unpaired) electrons. The van der Waals surface area contributed by atoms with E-state index in [2.05, 4.69) is 75.7 Å². The maximum atomic E-state index is 10.1. The average molecular weight is 597 g/mol. The summed E-state index contributed by atoms with van der Waals surface area (Å²) < 4.78 is 0. The molecule has 11 heteroatoms. The Balaban J connectivity index is 1.46. The Kier molecular flexibility index (Phi) is 7.63. The molecule has 0 unspecified atom stereocenters. The fourth-order valence-electron chi connectivity index (χ4n) is 5.61. The van der Waals surface area contributed by atoms with Gasteiger partial charge in [0.15, 0.2) is 0 Å². The third-order valence-corrected chi connectivity index (χ3v) is 8.52. The number of halogens is 2. The minimum atomic E-state index is -0.737. The van der Waals surface area contributed by atoms with Crippen molar-refractivity contribution in [3.8, 4) is 6.07 Å². The Hall–Kier alpha value is -3.97. The number of aryl methyl sites for hydroxylation is 1. The van der Waals surface area contributed by atoms with Crippen LogP contribution < -0.4 is 21.6 Å². The van der Waals surface area contributed by atoms with Crippen LogP contribution in [0.25, 0.3) is 10.9 Å². The number of hydrogen-bond donors (Lipinski definition) is 4. The summed E-state index contributed by atoms with van der Waals surface area (Å²) in [6.07, 6.45) is 6.82. The predicted molar refractivity (Wildman–Crippen MR) is 172 cm³/mol. The number of pyridine rings is 2. The summed E-state index contributed by atoms with van der Waals surface area (Å²) in [7, 11) is 2.10. The number of nitrogens with zero attached hydrogens (tertiary/aromatic N) is 4. The number of hydrogen-bond acceptors (Lipinski definition) is 8. The van der Waals surface area contributed by atoms with Crippen molar-refractivity contribution in [3.63, 3.8) is 0 Å². The van der Waals surface area contributed by atoms with Crippen molar-refractivity contribution >= 4 is 53.3 Å². The normalized spacial score (nSPS) is 16.7. The number of anilines is 2. The van der Waals surface area contributed by atoms with E-state index in [1.807, 2.05) is 43.3 Å². The van der Waals surface area contributed by atoms with Crippen molar-refractivity contribution in [1.29, 1.82) is 5.26 Å². The Morgan fingerprint density at radius 3 is 2.67 bits per heavy atom. The van der Waals surface area contributed by atoms with Gasteiger partial charge in [-0.15, -0.1) is 5.53 Å². The molecule has 1 aliphatic carbocycles. The van der Waals surface area contributed by atoms with E-state index in [0.717, 1.165) is 52.9 Å². The van der Waals surface area contributed by atoms with Crippen molar-refractivity contribution < 1.29 is 0 Å². The number of fused-ring (bicyclic) bond motifs is 1. The Morgan fingerprint density at radius 1 is 1.19 bits per heavy atom. The number of hydrazine groups is 2. The first-order chi connectivity index (χ1) is 20.3. The van der Waals surface area contributed by atoms with Crippen LogP contribution in [0.3, 0.4) is 0 Å². The lowest BCUT2D eigenvalue weighted by Gasteiger charge is -2.35. The zero-order valence-electron chi connectivity index (χ0n) is 23.7. The molecule has 1 aliphatic heterocycles. The fraction of sp³-hybridized carbons (Fsp3) is 0.258.